The third-order valence-corrected chi connectivity index (χ3v) is 8.82. The summed E-state index contributed by atoms with van der Waals surface area (Å²) in [6.45, 7) is 13.6. The maximum Gasteiger partial charge on any atom is 0.340 e. The summed E-state index contributed by atoms with van der Waals surface area (Å²) >= 11 is 0. The number of carbonyl (C=O) groups excluding carboxylic acids is 1. The molecule has 0 saturated carbocycles. The molecule has 0 N–H and O–H groups in total. The Balaban J connectivity index is 1.70. The minimum Gasteiger partial charge on any atom is -0.441 e. The number of aromatic nitrogens is 1. The molecule has 4 aromatic carbocycles. The van der Waals surface area contributed by atoms with Gasteiger partial charge in [0.05, 0.1) is 5.56 Å². The maximum absolute atomic E-state index is 13.5. The fourth-order valence-corrected chi connectivity index (χ4v) is 6.70. The van der Waals surface area contributed by atoms with Crippen LogP contribution in [0.15, 0.2) is 103 Å². The van der Waals surface area contributed by atoms with Crippen LogP contribution in [0.3, 0.4) is 0 Å². The van der Waals surface area contributed by atoms with Gasteiger partial charge in [0.2, 0.25) is 0 Å². The van der Waals surface area contributed by atoms with Crippen LogP contribution < -0.4 is 4.90 Å². The van der Waals surface area contributed by atoms with E-state index in [0.717, 1.165) is 47.6 Å². The Morgan fingerprint density at radius 1 is 0.833 bits per heavy atom. The molecule has 2 heterocycles. The van der Waals surface area contributed by atoms with Crippen molar-refractivity contribution in [1.29, 1.82) is 0 Å². The Hall–Kier alpha value is -4.57. The molecule has 0 bridgehead atoms. The molecule has 0 amide bonds. The molecule has 42 heavy (non-hydrogen) atoms. The maximum atomic E-state index is 13.5. The first-order valence-corrected chi connectivity index (χ1v) is 15.0. The van der Waals surface area contributed by atoms with Crippen LogP contribution in [0.4, 0.5) is 5.69 Å². The first-order valence-electron chi connectivity index (χ1n) is 15.0. The van der Waals surface area contributed by atoms with E-state index in [9.17, 15) is 4.79 Å². The Morgan fingerprint density at radius 3 is 2.21 bits per heavy atom. The van der Waals surface area contributed by atoms with Crippen molar-refractivity contribution in [2.45, 2.75) is 46.8 Å². The third kappa shape index (κ3) is 4.34. The highest BCUT2D eigenvalue weighted by molar-refractivity contribution is 6.01. The number of para-hydroxylation sites is 1. The van der Waals surface area contributed by atoms with E-state index in [2.05, 4.69) is 123 Å². The number of fused-ring (bicyclic) bond motifs is 2. The van der Waals surface area contributed by atoms with Crippen molar-refractivity contribution in [2.75, 3.05) is 18.0 Å². The van der Waals surface area contributed by atoms with Crippen LogP contribution in [0.2, 0.25) is 0 Å². The molecular formula is C38H38N2O2. The van der Waals surface area contributed by atoms with Gasteiger partial charge in [-0.25, -0.2) is 4.79 Å². The lowest BCUT2D eigenvalue weighted by atomic mass is 9.80. The van der Waals surface area contributed by atoms with Crippen LogP contribution >= 0.6 is 0 Å². The van der Waals surface area contributed by atoms with Gasteiger partial charge in [-0.3, -0.25) is 0 Å². The van der Waals surface area contributed by atoms with Crippen LogP contribution in [-0.4, -0.2) is 23.6 Å². The molecule has 1 aromatic heterocycles. The monoisotopic (exact) mass is 554 g/mol. The second-order valence-corrected chi connectivity index (χ2v) is 11.0. The predicted octanol–water partition coefficient (Wildman–Crippen LogP) is 8.67. The number of benzene rings is 4. The van der Waals surface area contributed by atoms with E-state index in [0.29, 0.717) is 5.56 Å². The van der Waals surface area contributed by atoms with Crippen LogP contribution in [0, 0.1) is 13.8 Å². The zero-order chi connectivity index (χ0) is 29.4. The fourth-order valence-electron chi connectivity index (χ4n) is 6.70. The summed E-state index contributed by atoms with van der Waals surface area (Å²) in [5.41, 5.74) is 9.39. The zero-order valence-corrected chi connectivity index (χ0v) is 25.1. The lowest BCUT2D eigenvalue weighted by Crippen LogP contribution is -2.27. The molecule has 4 heteroatoms. The zero-order valence-electron chi connectivity index (χ0n) is 25.1. The molecule has 1 aliphatic rings. The molecular weight excluding hydrogens is 516 g/mol. The summed E-state index contributed by atoms with van der Waals surface area (Å²) in [6.07, 6.45) is 2.21. The quantitative estimate of drug-likeness (QED) is 0.180. The van der Waals surface area contributed by atoms with E-state index in [1.807, 2.05) is 24.3 Å². The number of aryl methyl sites for hydroxylation is 2. The average molecular weight is 555 g/mol. The van der Waals surface area contributed by atoms with Crippen molar-refractivity contribution in [3.63, 3.8) is 0 Å². The van der Waals surface area contributed by atoms with Crippen molar-refractivity contribution >= 4 is 28.1 Å². The Labute approximate surface area is 248 Å². The number of esters is 1. The highest BCUT2D eigenvalue weighted by Gasteiger charge is 2.46. The van der Waals surface area contributed by atoms with Crippen molar-refractivity contribution in [3.05, 3.63) is 142 Å². The van der Waals surface area contributed by atoms with Gasteiger partial charge in [-0.2, -0.15) is 0 Å². The van der Waals surface area contributed by atoms with E-state index in [-0.39, 0.29) is 5.97 Å². The number of anilines is 1. The minimum atomic E-state index is -1.09. The predicted molar refractivity (Wildman–Crippen MR) is 173 cm³/mol. The average Bonchev–Trinajstić information content (AvgIpc) is 3.47. The van der Waals surface area contributed by atoms with Crippen LogP contribution in [0.5, 0.6) is 0 Å². The Morgan fingerprint density at radius 2 is 1.50 bits per heavy atom. The van der Waals surface area contributed by atoms with E-state index >= 15 is 0 Å². The Bertz CT molecular complexity index is 1810. The lowest BCUT2D eigenvalue weighted by molar-refractivity contribution is 0.0276. The largest absolute Gasteiger partial charge is 0.441 e. The van der Waals surface area contributed by atoms with Crippen LogP contribution in [0.25, 0.3) is 16.5 Å². The molecule has 1 aliphatic heterocycles. The van der Waals surface area contributed by atoms with E-state index in [4.69, 9.17) is 4.74 Å². The molecule has 5 aromatic rings. The van der Waals surface area contributed by atoms with Gasteiger partial charge in [0, 0.05) is 58.6 Å². The molecule has 6 rings (SSSR count). The first kappa shape index (κ1) is 27.6. The molecule has 0 saturated heterocycles. The summed E-state index contributed by atoms with van der Waals surface area (Å²) in [6, 6.07) is 33.4. The van der Waals surface area contributed by atoms with Gasteiger partial charge in [0.1, 0.15) is 0 Å². The number of rotatable bonds is 8. The van der Waals surface area contributed by atoms with Gasteiger partial charge >= 0.3 is 5.97 Å². The number of ether oxygens (including phenoxy) is 1. The van der Waals surface area contributed by atoms with Gasteiger partial charge in [-0.15, -0.1) is 0 Å². The van der Waals surface area contributed by atoms with Gasteiger partial charge in [-0.05, 0) is 81.7 Å². The van der Waals surface area contributed by atoms with Crippen molar-refractivity contribution in [2.24, 2.45) is 0 Å². The van der Waals surface area contributed by atoms with E-state index in [1.54, 1.807) is 0 Å². The highest BCUT2D eigenvalue weighted by atomic mass is 16.6. The lowest BCUT2D eigenvalue weighted by Gasteiger charge is -2.29. The summed E-state index contributed by atoms with van der Waals surface area (Å²) in [5.74, 6) is -0.300. The molecule has 0 radical (unpaired) electrons. The number of cyclic esters (lactones) is 1. The van der Waals surface area contributed by atoms with E-state index in [1.165, 1.54) is 27.7 Å². The van der Waals surface area contributed by atoms with E-state index < -0.39 is 5.60 Å². The number of hydrogen-bond donors (Lipinski definition) is 0. The standard InChI is InChI=1S/C38H38N2O2/c1-6-39(7-2)29-23-21-28(22-24-29)38(34-19-13-11-17-31(34)37(41)42-38)25-33(30-16-10-9-15-26(30)4)36-27(5)40(8-3)35-20-14-12-18-32(35)36/h9-25H,6-8H2,1-5H3/b33-25+. The van der Waals surface area contributed by atoms with Crippen LogP contribution in [-0.2, 0) is 16.9 Å². The first-order chi connectivity index (χ1) is 20.4. The van der Waals surface area contributed by atoms with Crippen molar-refractivity contribution in [1.82, 2.24) is 4.57 Å². The van der Waals surface area contributed by atoms with Crippen molar-refractivity contribution < 1.29 is 9.53 Å². The second kappa shape index (κ2) is 11.0. The minimum absolute atomic E-state index is 0.300. The van der Waals surface area contributed by atoms with Gasteiger partial charge in [0.25, 0.3) is 0 Å². The Kier molecular flexibility index (Phi) is 7.24. The van der Waals surface area contributed by atoms with Gasteiger partial charge < -0.3 is 14.2 Å². The second-order valence-electron chi connectivity index (χ2n) is 11.0. The number of carbonyl (C=O) groups is 1. The van der Waals surface area contributed by atoms with Crippen molar-refractivity contribution in [3.8, 4) is 0 Å². The van der Waals surface area contributed by atoms with Crippen LogP contribution in [0.1, 0.15) is 64.6 Å². The topological polar surface area (TPSA) is 34.5 Å². The molecule has 0 fully saturated rings. The smallest absolute Gasteiger partial charge is 0.340 e. The summed E-state index contributed by atoms with van der Waals surface area (Å²) in [4.78, 5) is 15.8. The third-order valence-electron chi connectivity index (χ3n) is 8.82. The fraction of sp³-hybridized carbons (Fsp3) is 0.237. The number of hydrogen-bond acceptors (Lipinski definition) is 3. The molecule has 212 valence electrons. The SMILES string of the molecule is CCN(CC)c1ccc(C2(/C=C(\c3ccccc3C)c3c(C)n(CC)c4ccccc34)OC(=O)c3ccccc32)cc1. The summed E-state index contributed by atoms with van der Waals surface area (Å²) < 4.78 is 8.89. The molecule has 0 spiro atoms. The molecule has 4 nitrogen and oxygen atoms in total. The number of nitrogens with zero attached hydrogens (tertiary/aromatic N) is 2. The van der Waals surface area contributed by atoms with Gasteiger partial charge in [0.15, 0.2) is 5.60 Å². The normalized spacial score (nSPS) is 16.5. The molecule has 0 aliphatic carbocycles. The molecule has 1 unspecified atom stereocenters. The summed E-state index contributed by atoms with van der Waals surface area (Å²) in [7, 11) is 0. The highest BCUT2D eigenvalue weighted by Crippen LogP contribution is 2.47. The molecule has 1 atom stereocenters. The van der Waals surface area contributed by atoms with Gasteiger partial charge in [-0.1, -0.05) is 72.8 Å². The summed E-state index contributed by atoms with van der Waals surface area (Å²) in [5, 5.41) is 1.19.